The maximum atomic E-state index is 11.9. The third-order valence-corrected chi connectivity index (χ3v) is 5.15. The van der Waals surface area contributed by atoms with Crippen LogP contribution in [-0.4, -0.2) is 39.6 Å². The van der Waals surface area contributed by atoms with E-state index in [2.05, 4.69) is 10.1 Å². The Labute approximate surface area is 151 Å². The van der Waals surface area contributed by atoms with Crippen LogP contribution in [-0.2, 0) is 14.2 Å². The second-order valence-electron chi connectivity index (χ2n) is 6.96. The van der Waals surface area contributed by atoms with Crippen molar-refractivity contribution in [1.82, 2.24) is 14.6 Å². The fourth-order valence-electron chi connectivity index (χ4n) is 3.78. The molecule has 4 rings (SSSR count). The van der Waals surface area contributed by atoms with Crippen molar-refractivity contribution < 1.29 is 19.0 Å². The Morgan fingerprint density at radius 1 is 1.23 bits per heavy atom. The predicted octanol–water partition coefficient (Wildman–Crippen LogP) is 3.02. The molecule has 140 valence electrons. The summed E-state index contributed by atoms with van der Waals surface area (Å²) in [5.41, 5.74) is 7.57. The van der Waals surface area contributed by atoms with Crippen molar-refractivity contribution in [3.8, 4) is 0 Å². The lowest BCUT2D eigenvalue weighted by atomic mass is 9.98. The molecule has 0 bridgehead atoms. The van der Waals surface area contributed by atoms with E-state index < -0.39 is 6.16 Å². The number of rotatable bonds is 4. The van der Waals surface area contributed by atoms with E-state index in [0.717, 1.165) is 49.7 Å². The summed E-state index contributed by atoms with van der Waals surface area (Å²) in [5.74, 6) is 0.439. The number of hydrogen-bond donors (Lipinski definition) is 1. The van der Waals surface area contributed by atoms with Gasteiger partial charge in [0.1, 0.15) is 30.7 Å². The number of carbonyl (C=O) groups is 1. The first kappa shape index (κ1) is 17.1. The molecule has 2 N–H and O–H groups in total. The summed E-state index contributed by atoms with van der Waals surface area (Å²) in [6, 6.07) is 3.84. The van der Waals surface area contributed by atoms with Crippen molar-refractivity contribution in [2.24, 2.45) is 0 Å². The van der Waals surface area contributed by atoms with Crippen molar-refractivity contribution in [3.05, 3.63) is 24.2 Å². The Bertz CT molecular complexity index is 772. The predicted molar refractivity (Wildman–Crippen MR) is 93.6 cm³/mol. The summed E-state index contributed by atoms with van der Waals surface area (Å²) in [4.78, 5) is 15.8. The molecule has 2 aromatic rings. The number of nitrogens with zero attached hydrogens (tertiary/aromatic N) is 3. The molecular formula is C18H24N4O4. The first-order valence-corrected chi connectivity index (χ1v) is 9.27. The number of anilines is 1. The van der Waals surface area contributed by atoms with Crippen LogP contribution in [0.3, 0.4) is 0 Å². The van der Waals surface area contributed by atoms with Gasteiger partial charge < -0.3 is 19.9 Å². The molecule has 26 heavy (non-hydrogen) atoms. The molecule has 2 aromatic heterocycles. The molecule has 3 heterocycles. The van der Waals surface area contributed by atoms with Crippen LogP contribution in [0.2, 0.25) is 0 Å². The average Bonchev–Trinajstić information content (AvgIpc) is 3.28. The van der Waals surface area contributed by atoms with E-state index in [0.29, 0.717) is 5.82 Å². The molecule has 2 atom stereocenters. The minimum Gasteiger partial charge on any atom is -0.432 e. The van der Waals surface area contributed by atoms with E-state index in [-0.39, 0.29) is 24.9 Å². The molecule has 2 fully saturated rings. The maximum Gasteiger partial charge on any atom is 0.508 e. The molecule has 1 saturated carbocycles. The van der Waals surface area contributed by atoms with Crippen molar-refractivity contribution in [2.75, 3.05) is 12.3 Å². The molecule has 2 aliphatic rings. The molecule has 8 heteroatoms. The minimum atomic E-state index is -0.586. The largest absolute Gasteiger partial charge is 0.508 e. The lowest BCUT2D eigenvalue weighted by molar-refractivity contribution is -0.0316. The van der Waals surface area contributed by atoms with Gasteiger partial charge in [0.2, 0.25) is 0 Å². The fourth-order valence-corrected chi connectivity index (χ4v) is 3.78. The fraction of sp³-hybridized carbons (Fsp3) is 0.611. The normalized spacial score (nSPS) is 24.0. The van der Waals surface area contributed by atoms with Crippen molar-refractivity contribution in [2.45, 2.75) is 63.3 Å². The van der Waals surface area contributed by atoms with Gasteiger partial charge in [-0.1, -0.05) is 6.42 Å². The molecule has 1 aliphatic carbocycles. The van der Waals surface area contributed by atoms with E-state index in [1.54, 1.807) is 4.52 Å². The molecule has 1 saturated heterocycles. The number of nitrogens with two attached hydrogens (primary N) is 1. The number of nitrogen functional groups attached to an aromatic ring is 1. The standard InChI is InChI=1S/C18H24N4O4/c19-17-15-8-7-14(22(15)21-11-20-17)16-9-6-13(25-16)10-24-18(23)26-12-4-2-1-3-5-12/h7-8,11-13,16H,1-6,9-10H2,(H2,19,20,21). The molecule has 0 aromatic carbocycles. The summed E-state index contributed by atoms with van der Waals surface area (Å²) < 4.78 is 18.4. The molecular weight excluding hydrogens is 336 g/mol. The van der Waals surface area contributed by atoms with Gasteiger partial charge in [-0.2, -0.15) is 5.10 Å². The molecule has 8 nitrogen and oxygen atoms in total. The van der Waals surface area contributed by atoms with Crippen LogP contribution < -0.4 is 5.73 Å². The number of ether oxygens (including phenoxy) is 3. The SMILES string of the molecule is Nc1ncnn2c(C3CCC(COC(=O)OC4CCCCC4)O3)ccc12. The first-order valence-electron chi connectivity index (χ1n) is 9.27. The van der Waals surface area contributed by atoms with Crippen LogP contribution in [0.4, 0.5) is 10.6 Å². The Kier molecular flexibility index (Phi) is 4.92. The zero-order chi connectivity index (χ0) is 17.9. The number of carbonyl (C=O) groups excluding carboxylic acids is 1. The molecule has 0 amide bonds. The Morgan fingerprint density at radius 3 is 2.92 bits per heavy atom. The molecule has 0 radical (unpaired) electrons. The Balaban J connectivity index is 1.29. The molecule has 0 spiro atoms. The highest BCUT2D eigenvalue weighted by molar-refractivity contribution is 5.65. The summed E-state index contributed by atoms with van der Waals surface area (Å²) in [5, 5.41) is 4.25. The first-order chi connectivity index (χ1) is 12.7. The van der Waals surface area contributed by atoms with E-state index >= 15 is 0 Å². The maximum absolute atomic E-state index is 11.9. The lowest BCUT2D eigenvalue weighted by Crippen LogP contribution is -2.24. The third kappa shape index (κ3) is 3.60. The van der Waals surface area contributed by atoms with Gasteiger partial charge in [-0.3, -0.25) is 0 Å². The van der Waals surface area contributed by atoms with Crippen LogP contribution in [0.1, 0.15) is 56.7 Å². The monoisotopic (exact) mass is 360 g/mol. The van der Waals surface area contributed by atoms with Gasteiger partial charge in [-0.25, -0.2) is 14.3 Å². The second kappa shape index (κ2) is 7.49. The topological polar surface area (TPSA) is 101 Å². The van der Waals surface area contributed by atoms with Crippen molar-refractivity contribution >= 4 is 17.5 Å². The molecule has 1 aliphatic heterocycles. The third-order valence-electron chi connectivity index (χ3n) is 5.15. The van der Waals surface area contributed by atoms with Gasteiger partial charge in [0.25, 0.3) is 0 Å². The smallest absolute Gasteiger partial charge is 0.432 e. The Hall–Kier alpha value is -2.35. The van der Waals surface area contributed by atoms with Gasteiger partial charge >= 0.3 is 6.16 Å². The molecule has 2 unspecified atom stereocenters. The number of hydrogen-bond acceptors (Lipinski definition) is 7. The highest BCUT2D eigenvalue weighted by atomic mass is 16.7. The zero-order valence-electron chi connectivity index (χ0n) is 14.7. The second-order valence-corrected chi connectivity index (χ2v) is 6.96. The number of fused-ring (bicyclic) bond motifs is 1. The summed E-state index contributed by atoms with van der Waals surface area (Å²) >= 11 is 0. The van der Waals surface area contributed by atoms with E-state index in [4.69, 9.17) is 19.9 Å². The van der Waals surface area contributed by atoms with Crippen LogP contribution in [0, 0.1) is 0 Å². The van der Waals surface area contributed by atoms with E-state index in [9.17, 15) is 4.79 Å². The summed E-state index contributed by atoms with van der Waals surface area (Å²) in [6.45, 7) is 0.211. The highest BCUT2D eigenvalue weighted by Crippen LogP contribution is 2.34. The van der Waals surface area contributed by atoms with Crippen LogP contribution in [0.15, 0.2) is 18.5 Å². The average molecular weight is 360 g/mol. The van der Waals surface area contributed by atoms with Crippen LogP contribution in [0.25, 0.3) is 5.52 Å². The van der Waals surface area contributed by atoms with Gasteiger partial charge in [-0.15, -0.1) is 0 Å². The highest BCUT2D eigenvalue weighted by Gasteiger charge is 2.30. The van der Waals surface area contributed by atoms with E-state index in [1.807, 2.05) is 12.1 Å². The summed E-state index contributed by atoms with van der Waals surface area (Å²) in [6.07, 6.45) is 7.58. The summed E-state index contributed by atoms with van der Waals surface area (Å²) in [7, 11) is 0. The zero-order valence-corrected chi connectivity index (χ0v) is 14.7. The lowest BCUT2D eigenvalue weighted by Gasteiger charge is -2.21. The minimum absolute atomic E-state index is 0.00530. The van der Waals surface area contributed by atoms with Crippen LogP contribution >= 0.6 is 0 Å². The van der Waals surface area contributed by atoms with E-state index in [1.165, 1.54) is 12.7 Å². The van der Waals surface area contributed by atoms with Gasteiger partial charge in [0.05, 0.1) is 11.8 Å². The Morgan fingerprint density at radius 2 is 2.08 bits per heavy atom. The van der Waals surface area contributed by atoms with Crippen molar-refractivity contribution in [3.63, 3.8) is 0 Å². The van der Waals surface area contributed by atoms with Gasteiger partial charge in [0, 0.05) is 0 Å². The quantitative estimate of drug-likeness (QED) is 0.836. The van der Waals surface area contributed by atoms with Gasteiger partial charge in [0.15, 0.2) is 5.82 Å². The van der Waals surface area contributed by atoms with Gasteiger partial charge in [-0.05, 0) is 50.7 Å². The number of aromatic nitrogens is 3. The van der Waals surface area contributed by atoms with Crippen molar-refractivity contribution in [1.29, 1.82) is 0 Å². The van der Waals surface area contributed by atoms with Crippen LogP contribution in [0.5, 0.6) is 0 Å².